The number of guanidine groups is 1. The average Bonchev–Trinajstić information content (AvgIpc) is 3.33. The second kappa shape index (κ2) is 7.29. The number of amides is 1. The average molecular weight is 408 g/mol. The highest BCUT2D eigenvalue weighted by Crippen LogP contribution is 2.41. The Morgan fingerprint density at radius 3 is 2.60 bits per heavy atom. The molecular weight excluding hydrogens is 387 g/mol. The molecule has 2 aromatic carbocycles. The second-order valence-corrected chi connectivity index (χ2v) is 7.13. The molecule has 0 aliphatic carbocycles. The van der Waals surface area contributed by atoms with Gasteiger partial charge in [0.2, 0.25) is 6.36 Å². The van der Waals surface area contributed by atoms with Gasteiger partial charge in [-0.25, -0.2) is 14.4 Å². The number of nitrogens with zero attached hydrogens (tertiary/aromatic N) is 3. The van der Waals surface area contributed by atoms with E-state index in [1.807, 2.05) is 24.3 Å². The molecule has 1 aliphatic rings. The lowest BCUT2D eigenvalue weighted by Gasteiger charge is -2.27. The van der Waals surface area contributed by atoms with E-state index in [0.29, 0.717) is 28.2 Å². The molecular formula is C22H21FN4O3. The minimum atomic E-state index is -1.45. The van der Waals surface area contributed by atoms with E-state index in [0.717, 1.165) is 5.56 Å². The van der Waals surface area contributed by atoms with E-state index < -0.39 is 11.9 Å². The molecule has 1 aliphatic heterocycles. The van der Waals surface area contributed by atoms with Crippen LogP contribution in [-0.4, -0.2) is 35.2 Å². The molecule has 1 aromatic heterocycles. The molecule has 0 radical (unpaired) electrons. The van der Waals surface area contributed by atoms with Crippen molar-refractivity contribution in [2.24, 2.45) is 10.7 Å². The summed E-state index contributed by atoms with van der Waals surface area (Å²) in [5.74, 6) is 0.789. The Morgan fingerprint density at radius 1 is 1.23 bits per heavy atom. The van der Waals surface area contributed by atoms with Gasteiger partial charge < -0.3 is 14.9 Å². The predicted octanol–water partition coefficient (Wildman–Crippen LogP) is 3.37. The topological polar surface area (TPSA) is 94.0 Å². The van der Waals surface area contributed by atoms with Crippen LogP contribution < -0.4 is 10.5 Å². The first-order chi connectivity index (χ1) is 14.3. The van der Waals surface area contributed by atoms with Gasteiger partial charge in [0.1, 0.15) is 5.75 Å². The molecule has 4 rings (SSSR count). The SMILES string of the molecule is Cc1cc(C2(c3cccc(-c4cnco4)c3)N=C(N)N(C)C2=O)ccc1OC(C)F. The van der Waals surface area contributed by atoms with Gasteiger partial charge in [-0.2, -0.15) is 0 Å². The summed E-state index contributed by atoms with van der Waals surface area (Å²) in [6, 6.07) is 12.4. The van der Waals surface area contributed by atoms with E-state index in [1.165, 1.54) is 18.2 Å². The number of oxazole rings is 1. The maximum Gasteiger partial charge on any atom is 0.266 e. The maximum atomic E-state index is 13.4. The molecule has 0 fully saturated rings. The number of rotatable bonds is 5. The summed E-state index contributed by atoms with van der Waals surface area (Å²) in [6.07, 6.45) is 1.49. The van der Waals surface area contributed by atoms with Gasteiger partial charge in [-0.3, -0.25) is 9.69 Å². The van der Waals surface area contributed by atoms with Crippen LogP contribution in [0.1, 0.15) is 23.6 Å². The fourth-order valence-corrected chi connectivity index (χ4v) is 3.62. The number of hydrogen-bond donors (Lipinski definition) is 1. The van der Waals surface area contributed by atoms with Crippen LogP contribution in [0.4, 0.5) is 4.39 Å². The molecule has 2 heterocycles. The molecule has 0 bridgehead atoms. The number of carbonyl (C=O) groups is 1. The number of hydrogen-bond acceptors (Lipinski definition) is 6. The van der Waals surface area contributed by atoms with E-state index >= 15 is 0 Å². The molecule has 0 saturated carbocycles. The highest BCUT2D eigenvalue weighted by molar-refractivity contribution is 6.09. The number of aryl methyl sites for hydroxylation is 1. The second-order valence-electron chi connectivity index (χ2n) is 7.13. The van der Waals surface area contributed by atoms with E-state index in [1.54, 1.807) is 38.4 Å². The Bertz CT molecular complexity index is 1130. The summed E-state index contributed by atoms with van der Waals surface area (Å²) in [5, 5.41) is 0. The number of alkyl halides is 1. The summed E-state index contributed by atoms with van der Waals surface area (Å²) in [7, 11) is 1.58. The molecule has 2 N–H and O–H groups in total. The molecule has 2 unspecified atom stereocenters. The third-order valence-electron chi connectivity index (χ3n) is 5.12. The molecule has 0 saturated heterocycles. The number of likely N-dealkylation sites (N-methyl/N-ethyl adjacent to an activating group) is 1. The van der Waals surface area contributed by atoms with Crippen molar-refractivity contribution in [3.05, 3.63) is 71.7 Å². The lowest BCUT2D eigenvalue weighted by Crippen LogP contribution is -2.41. The first kappa shape index (κ1) is 19.6. The third kappa shape index (κ3) is 3.10. The Kier molecular flexibility index (Phi) is 4.77. The van der Waals surface area contributed by atoms with Crippen molar-refractivity contribution < 1.29 is 18.3 Å². The molecule has 7 nitrogen and oxygen atoms in total. The normalized spacial score (nSPS) is 19.7. The summed E-state index contributed by atoms with van der Waals surface area (Å²) >= 11 is 0. The predicted molar refractivity (Wildman–Crippen MR) is 109 cm³/mol. The summed E-state index contributed by atoms with van der Waals surface area (Å²) in [6.45, 7) is 3.10. The largest absolute Gasteiger partial charge is 0.460 e. The zero-order valence-electron chi connectivity index (χ0n) is 16.8. The van der Waals surface area contributed by atoms with Crippen molar-refractivity contribution in [1.29, 1.82) is 0 Å². The van der Waals surface area contributed by atoms with Crippen LogP contribution in [0.15, 0.2) is 64.5 Å². The van der Waals surface area contributed by atoms with Crippen LogP contribution in [-0.2, 0) is 10.3 Å². The highest BCUT2D eigenvalue weighted by atomic mass is 19.1. The molecule has 8 heteroatoms. The van der Waals surface area contributed by atoms with Gasteiger partial charge in [-0.1, -0.05) is 24.3 Å². The Morgan fingerprint density at radius 2 is 2.00 bits per heavy atom. The number of aromatic nitrogens is 1. The third-order valence-corrected chi connectivity index (χ3v) is 5.12. The van der Waals surface area contributed by atoms with Gasteiger partial charge in [0.15, 0.2) is 23.7 Å². The first-order valence-corrected chi connectivity index (χ1v) is 9.37. The summed E-state index contributed by atoms with van der Waals surface area (Å²) in [5.41, 5.74) is 7.32. The van der Waals surface area contributed by atoms with Crippen LogP contribution in [0.25, 0.3) is 11.3 Å². The van der Waals surface area contributed by atoms with E-state index in [9.17, 15) is 9.18 Å². The summed E-state index contributed by atoms with van der Waals surface area (Å²) in [4.78, 5) is 23.3. The molecule has 0 spiro atoms. The van der Waals surface area contributed by atoms with Crippen LogP contribution in [0, 0.1) is 6.92 Å². The van der Waals surface area contributed by atoms with Gasteiger partial charge in [0.25, 0.3) is 5.91 Å². The number of aliphatic imine (C=N–C) groups is 1. The smallest absolute Gasteiger partial charge is 0.266 e. The fourth-order valence-electron chi connectivity index (χ4n) is 3.62. The number of carbonyl (C=O) groups excluding carboxylic acids is 1. The molecule has 2 atom stereocenters. The Labute approximate surface area is 173 Å². The van der Waals surface area contributed by atoms with E-state index in [-0.39, 0.29) is 11.9 Å². The first-order valence-electron chi connectivity index (χ1n) is 9.37. The standard InChI is InChI=1S/C22H21FN4O3/c1-13-9-17(7-8-18(13)30-14(2)23)22(20(28)27(3)21(24)26-22)16-6-4-5-15(10-16)19-11-25-12-29-19/h4-12,14H,1-3H3,(H2,24,26). The lowest BCUT2D eigenvalue weighted by atomic mass is 9.81. The van der Waals surface area contributed by atoms with Crippen LogP contribution >= 0.6 is 0 Å². The minimum absolute atomic E-state index is 0.112. The lowest BCUT2D eigenvalue weighted by molar-refractivity contribution is -0.129. The van der Waals surface area contributed by atoms with Gasteiger partial charge in [-0.15, -0.1) is 0 Å². The number of halogens is 1. The van der Waals surface area contributed by atoms with Gasteiger partial charge in [-0.05, 0) is 41.8 Å². The maximum absolute atomic E-state index is 13.4. The van der Waals surface area contributed by atoms with Crippen molar-refractivity contribution in [2.75, 3.05) is 7.05 Å². The van der Waals surface area contributed by atoms with Gasteiger partial charge in [0.05, 0.1) is 6.20 Å². The van der Waals surface area contributed by atoms with Crippen molar-refractivity contribution in [3.63, 3.8) is 0 Å². The van der Waals surface area contributed by atoms with Crippen LogP contribution in [0.2, 0.25) is 0 Å². The van der Waals surface area contributed by atoms with Crippen LogP contribution in [0.5, 0.6) is 5.75 Å². The quantitative estimate of drug-likeness (QED) is 0.699. The monoisotopic (exact) mass is 408 g/mol. The summed E-state index contributed by atoms with van der Waals surface area (Å²) < 4.78 is 23.9. The van der Waals surface area contributed by atoms with E-state index in [2.05, 4.69) is 9.98 Å². The Hall–Kier alpha value is -3.68. The van der Waals surface area contributed by atoms with Crippen LogP contribution in [0.3, 0.4) is 0 Å². The number of benzene rings is 2. The minimum Gasteiger partial charge on any atom is -0.460 e. The Balaban J connectivity index is 1.90. The van der Waals surface area contributed by atoms with Gasteiger partial charge >= 0.3 is 0 Å². The zero-order chi connectivity index (χ0) is 21.5. The van der Waals surface area contributed by atoms with Crippen molar-refractivity contribution in [2.45, 2.75) is 25.7 Å². The number of nitrogens with two attached hydrogens (primary N) is 1. The number of ether oxygens (including phenoxy) is 1. The zero-order valence-corrected chi connectivity index (χ0v) is 16.8. The molecule has 30 heavy (non-hydrogen) atoms. The molecule has 3 aromatic rings. The molecule has 154 valence electrons. The fraction of sp³-hybridized carbons (Fsp3) is 0.227. The van der Waals surface area contributed by atoms with Crippen molar-refractivity contribution in [3.8, 4) is 17.1 Å². The highest BCUT2D eigenvalue weighted by Gasteiger charge is 2.49. The van der Waals surface area contributed by atoms with E-state index in [4.69, 9.17) is 14.9 Å². The van der Waals surface area contributed by atoms with Gasteiger partial charge in [0, 0.05) is 19.5 Å². The molecule has 1 amide bonds. The van der Waals surface area contributed by atoms with Crippen molar-refractivity contribution >= 4 is 11.9 Å². The van der Waals surface area contributed by atoms with Crippen molar-refractivity contribution in [1.82, 2.24) is 9.88 Å².